The van der Waals surface area contributed by atoms with Gasteiger partial charge in [-0.25, -0.2) is 4.68 Å². The molecule has 0 unspecified atom stereocenters. The van der Waals surface area contributed by atoms with Crippen LogP contribution >= 0.6 is 15.9 Å². The Balaban J connectivity index is 2.59. The number of hydrogen-bond donors (Lipinski definition) is 0. The van der Waals surface area contributed by atoms with Gasteiger partial charge >= 0.3 is 0 Å². The van der Waals surface area contributed by atoms with Crippen molar-refractivity contribution < 1.29 is 0 Å². The Kier molecular flexibility index (Phi) is 2.61. The van der Waals surface area contributed by atoms with Gasteiger partial charge in [0.25, 0.3) is 0 Å². The van der Waals surface area contributed by atoms with Crippen LogP contribution in [0.1, 0.15) is 17.0 Å². The molecule has 0 N–H and O–H groups in total. The summed E-state index contributed by atoms with van der Waals surface area (Å²) in [6, 6.07) is 2.01. The van der Waals surface area contributed by atoms with Crippen LogP contribution in [0.15, 0.2) is 22.9 Å². The molecular formula is C11H12BrN3. The molecule has 0 aromatic carbocycles. The SMILES string of the molecule is Cc1nn(-c2cncc(Br)c2)c(C)c1C. The van der Waals surface area contributed by atoms with Crippen LogP contribution in [0, 0.1) is 20.8 Å². The zero-order valence-corrected chi connectivity index (χ0v) is 10.5. The van der Waals surface area contributed by atoms with E-state index in [1.807, 2.05) is 23.9 Å². The molecule has 15 heavy (non-hydrogen) atoms. The van der Waals surface area contributed by atoms with Crippen molar-refractivity contribution >= 4 is 15.9 Å². The van der Waals surface area contributed by atoms with Crippen molar-refractivity contribution in [1.29, 1.82) is 0 Å². The molecule has 0 saturated carbocycles. The van der Waals surface area contributed by atoms with Crippen LogP contribution in [0.25, 0.3) is 5.69 Å². The van der Waals surface area contributed by atoms with Crippen LogP contribution in [0.4, 0.5) is 0 Å². The molecule has 0 spiro atoms. The second-order valence-electron chi connectivity index (χ2n) is 3.57. The molecule has 2 rings (SSSR count). The van der Waals surface area contributed by atoms with Crippen LogP contribution < -0.4 is 0 Å². The Labute approximate surface area is 97.3 Å². The maximum Gasteiger partial charge on any atom is 0.0843 e. The fourth-order valence-electron chi connectivity index (χ4n) is 1.49. The quantitative estimate of drug-likeness (QED) is 0.794. The lowest BCUT2D eigenvalue weighted by atomic mass is 10.2. The first-order chi connectivity index (χ1) is 7.09. The van der Waals surface area contributed by atoms with Crippen LogP contribution in [-0.2, 0) is 0 Å². The van der Waals surface area contributed by atoms with Crippen LogP contribution in [-0.4, -0.2) is 14.8 Å². The van der Waals surface area contributed by atoms with Crippen molar-refractivity contribution in [1.82, 2.24) is 14.8 Å². The van der Waals surface area contributed by atoms with Crippen molar-refractivity contribution in [3.63, 3.8) is 0 Å². The van der Waals surface area contributed by atoms with E-state index in [2.05, 4.69) is 39.9 Å². The minimum atomic E-state index is 0.963. The maximum atomic E-state index is 4.48. The van der Waals surface area contributed by atoms with Gasteiger partial charge in [0.15, 0.2) is 0 Å². The number of hydrogen-bond acceptors (Lipinski definition) is 2. The average molecular weight is 266 g/mol. The van der Waals surface area contributed by atoms with Gasteiger partial charge in [-0.3, -0.25) is 4.98 Å². The molecule has 2 aromatic rings. The highest BCUT2D eigenvalue weighted by Gasteiger charge is 2.08. The number of nitrogens with zero attached hydrogens (tertiary/aromatic N) is 3. The predicted molar refractivity (Wildman–Crippen MR) is 63.3 cm³/mol. The van der Waals surface area contributed by atoms with E-state index in [0.29, 0.717) is 0 Å². The Morgan fingerprint density at radius 2 is 1.93 bits per heavy atom. The lowest BCUT2D eigenvalue weighted by Crippen LogP contribution is -1.99. The van der Waals surface area contributed by atoms with Gasteiger partial charge in [0, 0.05) is 16.4 Å². The van der Waals surface area contributed by atoms with Crippen molar-refractivity contribution in [2.45, 2.75) is 20.8 Å². The first-order valence-electron chi connectivity index (χ1n) is 4.73. The van der Waals surface area contributed by atoms with Gasteiger partial charge in [0.2, 0.25) is 0 Å². The molecule has 2 heterocycles. The summed E-state index contributed by atoms with van der Waals surface area (Å²) in [5.74, 6) is 0. The predicted octanol–water partition coefficient (Wildman–Crippen LogP) is 2.96. The highest BCUT2D eigenvalue weighted by molar-refractivity contribution is 9.10. The minimum Gasteiger partial charge on any atom is -0.261 e. The Morgan fingerprint density at radius 3 is 2.47 bits per heavy atom. The summed E-state index contributed by atoms with van der Waals surface area (Å²) in [6.45, 7) is 6.17. The third-order valence-electron chi connectivity index (χ3n) is 2.59. The van der Waals surface area contributed by atoms with E-state index in [4.69, 9.17) is 0 Å². The van der Waals surface area contributed by atoms with Gasteiger partial charge in [-0.1, -0.05) is 0 Å². The molecule has 0 radical (unpaired) electrons. The summed E-state index contributed by atoms with van der Waals surface area (Å²) >= 11 is 3.41. The fraction of sp³-hybridized carbons (Fsp3) is 0.273. The highest BCUT2D eigenvalue weighted by atomic mass is 79.9. The Hall–Kier alpha value is -1.16. The molecule has 0 atom stereocenters. The van der Waals surface area contributed by atoms with E-state index in [0.717, 1.165) is 21.5 Å². The molecule has 0 aliphatic carbocycles. The summed E-state index contributed by atoms with van der Waals surface area (Å²) in [6.07, 6.45) is 3.58. The molecule has 3 nitrogen and oxygen atoms in total. The Bertz CT molecular complexity index is 503. The van der Waals surface area contributed by atoms with Crippen molar-refractivity contribution in [2.24, 2.45) is 0 Å². The molecule has 0 amide bonds. The summed E-state index contributed by atoms with van der Waals surface area (Å²) in [7, 11) is 0. The standard InChI is InChI=1S/C11H12BrN3/c1-7-8(2)14-15(9(7)3)11-4-10(12)5-13-6-11/h4-6H,1-3H3. The summed E-state index contributed by atoms with van der Waals surface area (Å²) in [5, 5.41) is 4.48. The summed E-state index contributed by atoms with van der Waals surface area (Å²) in [5.41, 5.74) is 4.44. The van der Waals surface area contributed by atoms with Gasteiger partial charge in [-0.05, 0) is 48.3 Å². The summed E-state index contributed by atoms with van der Waals surface area (Å²) < 4.78 is 2.88. The number of rotatable bonds is 1. The maximum absolute atomic E-state index is 4.48. The number of pyridine rings is 1. The zero-order chi connectivity index (χ0) is 11.0. The van der Waals surface area contributed by atoms with E-state index >= 15 is 0 Å². The van der Waals surface area contributed by atoms with E-state index in [-0.39, 0.29) is 0 Å². The third kappa shape index (κ3) is 1.81. The van der Waals surface area contributed by atoms with Crippen LogP contribution in [0.2, 0.25) is 0 Å². The van der Waals surface area contributed by atoms with E-state index in [9.17, 15) is 0 Å². The zero-order valence-electron chi connectivity index (χ0n) is 8.95. The fourth-order valence-corrected chi connectivity index (χ4v) is 1.84. The Morgan fingerprint density at radius 1 is 1.20 bits per heavy atom. The third-order valence-corrected chi connectivity index (χ3v) is 3.02. The molecule has 0 bridgehead atoms. The monoisotopic (exact) mass is 265 g/mol. The topological polar surface area (TPSA) is 30.7 Å². The number of halogens is 1. The molecule has 2 aromatic heterocycles. The largest absolute Gasteiger partial charge is 0.261 e. The minimum absolute atomic E-state index is 0.963. The van der Waals surface area contributed by atoms with Crippen LogP contribution in [0.5, 0.6) is 0 Å². The van der Waals surface area contributed by atoms with E-state index in [1.54, 1.807) is 6.20 Å². The average Bonchev–Trinajstić information content (AvgIpc) is 2.46. The van der Waals surface area contributed by atoms with E-state index in [1.165, 1.54) is 5.56 Å². The molecule has 0 saturated heterocycles. The molecule has 4 heteroatoms. The van der Waals surface area contributed by atoms with Crippen LogP contribution in [0.3, 0.4) is 0 Å². The first kappa shape index (κ1) is 10.4. The lowest BCUT2D eigenvalue weighted by molar-refractivity contribution is 0.827. The molecule has 0 aliphatic heterocycles. The number of aromatic nitrogens is 3. The molecule has 78 valence electrons. The van der Waals surface area contributed by atoms with Gasteiger partial charge in [0.1, 0.15) is 0 Å². The normalized spacial score (nSPS) is 10.7. The molecular weight excluding hydrogens is 254 g/mol. The second-order valence-corrected chi connectivity index (χ2v) is 4.48. The number of aryl methyl sites for hydroxylation is 1. The highest BCUT2D eigenvalue weighted by Crippen LogP contribution is 2.18. The second kappa shape index (κ2) is 3.77. The van der Waals surface area contributed by atoms with Gasteiger partial charge < -0.3 is 0 Å². The molecule has 0 fully saturated rings. The smallest absolute Gasteiger partial charge is 0.0843 e. The molecule has 0 aliphatic rings. The van der Waals surface area contributed by atoms with Gasteiger partial charge in [0.05, 0.1) is 17.6 Å². The first-order valence-corrected chi connectivity index (χ1v) is 5.52. The lowest BCUT2D eigenvalue weighted by Gasteiger charge is -2.03. The van der Waals surface area contributed by atoms with E-state index < -0.39 is 0 Å². The summed E-state index contributed by atoms with van der Waals surface area (Å²) in [4.78, 5) is 4.13. The van der Waals surface area contributed by atoms with Gasteiger partial charge in [-0.2, -0.15) is 5.10 Å². The van der Waals surface area contributed by atoms with Crippen molar-refractivity contribution in [2.75, 3.05) is 0 Å². The van der Waals surface area contributed by atoms with Crippen molar-refractivity contribution in [3.05, 3.63) is 39.9 Å². The van der Waals surface area contributed by atoms with Crippen molar-refractivity contribution in [3.8, 4) is 5.69 Å². The van der Waals surface area contributed by atoms with Gasteiger partial charge in [-0.15, -0.1) is 0 Å².